The van der Waals surface area contributed by atoms with Crippen LogP contribution in [0.5, 0.6) is 5.75 Å². The molecule has 1 fully saturated rings. The van der Waals surface area contributed by atoms with Gasteiger partial charge in [0.05, 0.1) is 0 Å². The Morgan fingerprint density at radius 1 is 0.944 bits per heavy atom. The standard InChI is InChI=1S/C17H18N2.C10H11NO3.2ClH.Ru/c1-14-7-3-5-9-16(14)18-11-12-19(13-18)17-10-6-4-8-15(17)2;1-7(2)14-10-5-4-9(11(12)13)6-8(10)3;;;/h3-10H,11-12H2,1-2H3;3-7H,1-2H3;2*1H;/q;;;;+2/p-2. The molecular formula is C27H29Cl2N3O3Ru. The molecule has 0 aromatic heterocycles. The van der Waals surface area contributed by atoms with Crippen molar-refractivity contribution in [3.05, 3.63) is 93.5 Å². The molecule has 0 amide bonds. The van der Waals surface area contributed by atoms with Gasteiger partial charge < -0.3 is 0 Å². The number of benzene rings is 3. The summed E-state index contributed by atoms with van der Waals surface area (Å²) in [6.45, 7) is 9.38. The predicted molar refractivity (Wildman–Crippen MR) is 148 cm³/mol. The summed E-state index contributed by atoms with van der Waals surface area (Å²) < 4.78 is 8.61. The predicted octanol–water partition coefficient (Wildman–Crippen LogP) is 6.72. The van der Waals surface area contributed by atoms with E-state index < -0.39 is 16.8 Å². The van der Waals surface area contributed by atoms with Crippen LogP contribution in [-0.4, -0.2) is 33.1 Å². The van der Waals surface area contributed by atoms with E-state index in [2.05, 4.69) is 47.9 Å². The Morgan fingerprint density at radius 2 is 1.47 bits per heavy atom. The van der Waals surface area contributed by atoms with E-state index in [0.717, 1.165) is 26.9 Å². The molecule has 192 valence electrons. The number of anilines is 2. The average molecular weight is 616 g/mol. The van der Waals surface area contributed by atoms with E-state index in [-0.39, 0.29) is 11.8 Å². The quantitative estimate of drug-likeness (QED) is 0.175. The van der Waals surface area contributed by atoms with Gasteiger partial charge in [-0.3, -0.25) is 0 Å². The number of para-hydroxylation sites is 2. The number of hydrogen-bond donors (Lipinski definition) is 0. The number of halogens is 2. The Balaban J connectivity index is 2.02. The van der Waals surface area contributed by atoms with Gasteiger partial charge in [0.15, 0.2) is 0 Å². The number of rotatable bonds is 6. The van der Waals surface area contributed by atoms with Crippen molar-refractivity contribution in [2.45, 2.75) is 33.8 Å². The topological polar surface area (TPSA) is 58.9 Å². The number of ether oxygens (including phenoxy) is 1. The summed E-state index contributed by atoms with van der Waals surface area (Å²) in [7, 11) is 14.7. The van der Waals surface area contributed by atoms with Crippen LogP contribution in [0.1, 0.15) is 30.5 Å². The van der Waals surface area contributed by atoms with Crippen molar-refractivity contribution in [2.24, 2.45) is 0 Å². The van der Waals surface area contributed by atoms with Crippen LogP contribution < -0.4 is 14.5 Å². The summed E-state index contributed by atoms with van der Waals surface area (Å²) in [5, 5.41) is 11.5. The third kappa shape index (κ3) is 5.54. The van der Waals surface area contributed by atoms with E-state index >= 15 is 0 Å². The molecule has 6 nitrogen and oxygen atoms in total. The number of aryl methyl sites for hydroxylation is 2. The van der Waals surface area contributed by atoms with Gasteiger partial charge in [0.25, 0.3) is 0 Å². The molecule has 0 atom stereocenters. The first-order chi connectivity index (χ1) is 17.1. The SMILES string of the molecule is Cc1ccccc1N1CCN(c2ccccc2C)[C]1=[Ru]([Cl])([Cl])=[CH]c1cc([N+](=O)[O-])ccc1OC(C)C. The van der Waals surface area contributed by atoms with E-state index in [1.54, 1.807) is 10.7 Å². The summed E-state index contributed by atoms with van der Waals surface area (Å²) in [4.78, 5) is 15.5. The minimum atomic E-state index is -3.82. The molecule has 1 aliphatic rings. The van der Waals surface area contributed by atoms with Gasteiger partial charge in [-0.05, 0) is 0 Å². The fourth-order valence-corrected chi connectivity index (χ4v) is 10.3. The summed E-state index contributed by atoms with van der Waals surface area (Å²) in [5.41, 5.74) is 4.81. The molecule has 36 heavy (non-hydrogen) atoms. The molecule has 1 aliphatic heterocycles. The van der Waals surface area contributed by atoms with Crippen LogP contribution in [0.2, 0.25) is 0 Å². The zero-order chi connectivity index (χ0) is 26.0. The number of nitro benzene ring substituents is 1. The zero-order valence-electron chi connectivity index (χ0n) is 20.6. The molecule has 0 unspecified atom stereocenters. The van der Waals surface area contributed by atoms with E-state index in [4.69, 9.17) is 24.1 Å². The fraction of sp³-hybridized carbons (Fsp3) is 0.259. The summed E-state index contributed by atoms with van der Waals surface area (Å²) in [6.07, 6.45) is -0.116. The van der Waals surface area contributed by atoms with E-state index in [1.807, 2.05) is 38.1 Å². The molecule has 3 aromatic carbocycles. The van der Waals surface area contributed by atoms with Crippen LogP contribution in [-0.2, 0) is 11.9 Å². The summed E-state index contributed by atoms with van der Waals surface area (Å²) >= 11 is -3.82. The van der Waals surface area contributed by atoms with Crippen LogP contribution in [0.15, 0.2) is 66.7 Å². The van der Waals surface area contributed by atoms with Gasteiger partial charge >= 0.3 is 223 Å². The molecule has 0 radical (unpaired) electrons. The van der Waals surface area contributed by atoms with Gasteiger partial charge in [-0.2, -0.15) is 0 Å². The molecule has 0 saturated carbocycles. The number of nitro groups is 1. The number of non-ortho nitro benzene ring substituents is 1. The third-order valence-corrected chi connectivity index (χ3v) is 11.3. The van der Waals surface area contributed by atoms with Gasteiger partial charge in [-0.1, -0.05) is 0 Å². The van der Waals surface area contributed by atoms with Gasteiger partial charge in [0, 0.05) is 0 Å². The van der Waals surface area contributed by atoms with Crippen LogP contribution >= 0.6 is 19.4 Å². The van der Waals surface area contributed by atoms with Gasteiger partial charge in [-0.15, -0.1) is 0 Å². The Morgan fingerprint density at radius 3 is 1.94 bits per heavy atom. The van der Waals surface area contributed by atoms with Crippen molar-refractivity contribution in [3.63, 3.8) is 0 Å². The molecular weight excluding hydrogens is 586 g/mol. The second-order valence-electron chi connectivity index (χ2n) is 8.82. The van der Waals surface area contributed by atoms with Crippen molar-refractivity contribution < 1.29 is 21.6 Å². The number of nitrogens with zero attached hydrogens (tertiary/aromatic N) is 3. The van der Waals surface area contributed by atoms with Crippen molar-refractivity contribution >= 4 is 45.4 Å². The van der Waals surface area contributed by atoms with Crippen LogP contribution in [0, 0.1) is 24.0 Å². The van der Waals surface area contributed by atoms with Crippen LogP contribution in [0.4, 0.5) is 17.1 Å². The van der Waals surface area contributed by atoms with Gasteiger partial charge in [0.2, 0.25) is 0 Å². The van der Waals surface area contributed by atoms with E-state index in [0.29, 0.717) is 24.4 Å². The minimum absolute atomic E-state index is 0.0381. The second kappa shape index (κ2) is 10.8. The summed E-state index contributed by atoms with van der Waals surface area (Å²) in [5.74, 6) is 0.519. The van der Waals surface area contributed by atoms with Crippen molar-refractivity contribution in [1.82, 2.24) is 0 Å². The van der Waals surface area contributed by atoms with Crippen molar-refractivity contribution in [2.75, 3.05) is 22.9 Å². The first-order valence-electron chi connectivity index (χ1n) is 11.5. The molecule has 0 bridgehead atoms. The van der Waals surface area contributed by atoms with Crippen LogP contribution in [0.3, 0.4) is 0 Å². The molecule has 9 heteroatoms. The molecule has 0 N–H and O–H groups in total. The van der Waals surface area contributed by atoms with Gasteiger partial charge in [-0.25, -0.2) is 0 Å². The third-order valence-electron chi connectivity index (χ3n) is 5.81. The van der Waals surface area contributed by atoms with Crippen LogP contribution in [0.25, 0.3) is 0 Å². The maximum absolute atomic E-state index is 11.5. The molecule has 0 spiro atoms. The Bertz CT molecular complexity index is 1370. The number of hydrogen-bond acceptors (Lipinski definition) is 5. The monoisotopic (exact) mass is 615 g/mol. The van der Waals surface area contributed by atoms with Crippen molar-refractivity contribution in [1.29, 1.82) is 0 Å². The Hall–Kier alpha value is -2.60. The average Bonchev–Trinajstić information content (AvgIpc) is 3.26. The Labute approximate surface area is 222 Å². The maximum atomic E-state index is 11.5. The zero-order valence-corrected chi connectivity index (χ0v) is 23.8. The Kier molecular flexibility index (Phi) is 7.94. The molecule has 1 saturated heterocycles. The molecule has 3 aromatic rings. The second-order valence-corrected chi connectivity index (χ2v) is 18.1. The van der Waals surface area contributed by atoms with E-state index in [9.17, 15) is 10.1 Å². The molecule has 4 rings (SSSR count). The van der Waals surface area contributed by atoms with Crippen molar-refractivity contribution in [3.8, 4) is 5.75 Å². The summed E-state index contributed by atoms with van der Waals surface area (Å²) in [6, 6.07) is 20.8. The van der Waals surface area contributed by atoms with E-state index in [1.165, 1.54) is 12.1 Å². The first kappa shape index (κ1) is 26.5. The molecule has 0 aliphatic carbocycles. The normalized spacial score (nSPS) is 14.4. The fourth-order valence-electron chi connectivity index (χ4n) is 4.22. The van der Waals surface area contributed by atoms with Gasteiger partial charge in [0.1, 0.15) is 0 Å². The molecule has 1 heterocycles. The first-order valence-corrected chi connectivity index (χ1v) is 17.9.